The Kier molecular flexibility index (Phi) is 4.39. The Labute approximate surface area is 133 Å². The second-order valence-electron chi connectivity index (χ2n) is 5.40. The predicted octanol–water partition coefficient (Wildman–Crippen LogP) is 4.28. The van der Waals surface area contributed by atoms with Crippen LogP contribution < -0.4 is 10.2 Å². The number of rotatable bonds is 3. The first-order chi connectivity index (χ1) is 10.2. The molecule has 1 aromatic heterocycles. The van der Waals surface area contributed by atoms with Crippen molar-refractivity contribution in [1.29, 1.82) is 0 Å². The van der Waals surface area contributed by atoms with Crippen LogP contribution >= 0.6 is 15.9 Å². The van der Waals surface area contributed by atoms with Gasteiger partial charge in [0, 0.05) is 29.3 Å². The van der Waals surface area contributed by atoms with Gasteiger partial charge in [-0.3, -0.25) is 0 Å². The van der Waals surface area contributed by atoms with Crippen molar-refractivity contribution in [1.82, 2.24) is 9.97 Å². The van der Waals surface area contributed by atoms with Gasteiger partial charge in [0.2, 0.25) is 0 Å². The molecule has 1 aliphatic heterocycles. The van der Waals surface area contributed by atoms with Crippen molar-refractivity contribution >= 4 is 33.3 Å². The van der Waals surface area contributed by atoms with Crippen LogP contribution in [0.3, 0.4) is 0 Å². The summed E-state index contributed by atoms with van der Waals surface area (Å²) in [5, 5.41) is 3.35. The Morgan fingerprint density at radius 2 is 1.90 bits per heavy atom. The van der Waals surface area contributed by atoms with Crippen LogP contribution in [0.2, 0.25) is 0 Å². The van der Waals surface area contributed by atoms with Gasteiger partial charge in [0.05, 0.1) is 0 Å². The zero-order valence-electron chi connectivity index (χ0n) is 12.1. The second-order valence-corrected chi connectivity index (χ2v) is 6.25. The molecule has 0 unspecified atom stereocenters. The fourth-order valence-electron chi connectivity index (χ4n) is 2.58. The molecule has 5 heteroatoms. The van der Waals surface area contributed by atoms with Crippen molar-refractivity contribution in [3.05, 3.63) is 40.6 Å². The first kappa shape index (κ1) is 14.3. The van der Waals surface area contributed by atoms with E-state index in [9.17, 15) is 0 Å². The summed E-state index contributed by atoms with van der Waals surface area (Å²) in [5.74, 6) is 1.85. The van der Waals surface area contributed by atoms with E-state index >= 15 is 0 Å². The number of aromatic nitrogens is 2. The van der Waals surface area contributed by atoms with Crippen LogP contribution in [0.15, 0.2) is 35.1 Å². The van der Waals surface area contributed by atoms with Crippen molar-refractivity contribution in [2.24, 2.45) is 0 Å². The predicted molar refractivity (Wildman–Crippen MR) is 90.3 cm³/mol. The highest BCUT2D eigenvalue weighted by atomic mass is 79.9. The molecule has 0 aliphatic carbocycles. The average Bonchev–Trinajstić information content (AvgIpc) is 2.52. The number of nitrogens with one attached hydrogen (secondary N) is 1. The van der Waals surface area contributed by atoms with E-state index in [2.05, 4.69) is 49.1 Å². The molecule has 21 heavy (non-hydrogen) atoms. The monoisotopic (exact) mass is 346 g/mol. The van der Waals surface area contributed by atoms with Gasteiger partial charge in [-0.1, -0.05) is 15.9 Å². The topological polar surface area (TPSA) is 41.0 Å². The SMILES string of the molecule is Cc1cc(Nc2cc(N3CCCCC3)ncn2)ccc1Br. The zero-order chi connectivity index (χ0) is 14.7. The molecule has 0 radical (unpaired) electrons. The maximum atomic E-state index is 4.40. The van der Waals surface area contributed by atoms with E-state index in [1.807, 2.05) is 18.2 Å². The van der Waals surface area contributed by atoms with Crippen LogP contribution in [0.25, 0.3) is 0 Å². The Morgan fingerprint density at radius 1 is 1.10 bits per heavy atom. The summed E-state index contributed by atoms with van der Waals surface area (Å²) < 4.78 is 1.12. The summed E-state index contributed by atoms with van der Waals surface area (Å²) in [4.78, 5) is 11.1. The highest BCUT2D eigenvalue weighted by molar-refractivity contribution is 9.10. The third-order valence-corrected chi connectivity index (χ3v) is 4.65. The van der Waals surface area contributed by atoms with Gasteiger partial charge < -0.3 is 10.2 Å². The van der Waals surface area contributed by atoms with Gasteiger partial charge in [0.15, 0.2) is 0 Å². The van der Waals surface area contributed by atoms with E-state index in [1.54, 1.807) is 6.33 Å². The van der Waals surface area contributed by atoms with Gasteiger partial charge in [-0.15, -0.1) is 0 Å². The fourth-order valence-corrected chi connectivity index (χ4v) is 2.83. The van der Waals surface area contributed by atoms with E-state index in [1.165, 1.54) is 24.8 Å². The summed E-state index contributed by atoms with van der Waals surface area (Å²) in [5.41, 5.74) is 2.24. The first-order valence-corrected chi connectivity index (χ1v) is 8.12. The molecular weight excluding hydrogens is 328 g/mol. The highest BCUT2D eigenvalue weighted by Crippen LogP contribution is 2.24. The molecule has 0 bridgehead atoms. The third kappa shape index (κ3) is 3.53. The summed E-state index contributed by atoms with van der Waals surface area (Å²) >= 11 is 3.52. The molecule has 1 aliphatic rings. The standard InChI is InChI=1S/C16H19BrN4/c1-12-9-13(5-6-14(12)17)20-15-10-16(19-11-18-15)21-7-3-2-4-8-21/h5-6,9-11H,2-4,7-8H2,1H3,(H,18,19,20). The van der Waals surface area contributed by atoms with Crippen LogP contribution in [0, 0.1) is 6.92 Å². The van der Waals surface area contributed by atoms with Gasteiger partial charge in [-0.25, -0.2) is 9.97 Å². The number of hydrogen-bond acceptors (Lipinski definition) is 4. The van der Waals surface area contributed by atoms with Crippen LogP contribution in [0.1, 0.15) is 24.8 Å². The van der Waals surface area contributed by atoms with Crippen molar-refractivity contribution in [2.45, 2.75) is 26.2 Å². The van der Waals surface area contributed by atoms with E-state index in [0.29, 0.717) is 0 Å². The molecule has 2 aromatic rings. The van der Waals surface area contributed by atoms with Gasteiger partial charge in [0.1, 0.15) is 18.0 Å². The lowest BCUT2D eigenvalue weighted by atomic mass is 10.1. The van der Waals surface area contributed by atoms with Gasteiger partial charge in [0.25, 0.3) is 0 Å². The smallest absolute Gasteiger partial charge is 0.135 e. The molecule has 0 spiro atoms. The van der Waals surface area contributed by atoms with Crippen molar-refractivity contribution < 1.29 is 0 Å². The van der Waals surface area contributed by atoms with E-state index in [4.69, 9.17) is 0 Å². The molecule has 0 atom stereocenters. The summed E-state index contributed by atoms with van der Waals surface area (Å²) in [6.45, 7) is 4.26. The molecule has 2 heterocycles. The van der Waals surface area contributed by atoms with Crippen LogP contribution in [-0.4, -0.2) is 23.1 Å². The average molecular weight is 347 g/mol. The van der Waals surface area contributed by atoms with Gasteiger partial charge in [-0.2, -0.15) is 0 Å². The minimum absolute atomic E-state index is 0.840. The van der Waals surface area contributed by atoms with Crippen LogP contribution in [0.5, 0.6) is 0 Å². The number of piperidine rings is 1. The maximum Gasteiger partial charge on any atom is 0.135 e. The summed E-state index contributed by atoms with van der Waals surface area (Å²) in [7, 11) is 0. The lowest BCUT2D eigenvalue weighted by molar-refractivity contribution is 0.573. The molecule has 110 valence electrons. The fraction of sp³-hybridized carbons (Fsp3) is 0.375. The zero-order valence-corrected chi connectivity index (χ0v) is 13.7. The Hall–Kier alpha value is -1.62. The van der Waals surface area contributed by atoms with Crippen LogP contribution in [0.4, 0.5) is 17.3 Å². The lowest BCUT2D eigenvalue weighted by Gasteiger charge is -2.27. The van der Waals surface area contributed by atoms with Gasteiger partial charge >= 0.3 is 0 Å². The van der Waals surface area contributed by atoms with Gasteiger partial charge in [-0.05, 0) is 49.9 Å². The number of benzene rings is 1. The molecule has 1 saturated heterocycles. The van der Waals surface area contributed by atoms with Crippen LogP contribution in [-0.2, 0) is 0 Å². The summed E-state index contributed by atoms with van der Waals surface area (Å²) in [6.07, 6.45) is 5.46. The number of halogens is 1. The number of nitrogens with zero attached hydrogens (tertiary/aromatic N) is 3. The minimum atomic E-state index is 0.840. The van der Waals surface area contributed by atoms with E-state index < -0.39 is 0 Å². The number of hydrogen-bond donors (Lipinski definition) is 1. The largest absolute Gasteiger partial charge is 0.356 e. The molecular formula is C16H19BrN4. The van der Waals surface area contributed by atoms with E-state index in [0.717, 1.165) is 34.9 Å². The Morgan fingerprint density at radius 3 is 2.67 bits per heavy atom. The molecule has 1 N–H and O–H groups in total. The molecule has 0 saturated carbocycles. The normalized spacial score (nSPS) is 15.0. The molecule has 1 aromatic carbocycles. The van der Waals surface area contributed by atoms with E-state index in [-0.39, 0.29) is 0 Å². The Bertz CT molecular complexity index is 623. The molecule has 3 rings (SSSR count). The number of aryl methyl sites for hydroxylation is 1. The van der Waals surface area contributed by atoms with Crippen molar-refractivity contribution in [3.63, 3.8) is 0 Å². The maximum absolute atomic E-state index is 4.40. The lowest BCUT2D eigenvalue weighted by Crippen LogP contribution is -2.30. The minimum Gasteiger partial charge on any atom is -0.356 e. The molecule has 4 nitrogen and oxygen atoms in total. The second kappa shape index (κ2) is 6.43. The summed E-state index contributed by atoms with van der Waals surface area (Å²) in [6, 6.07) is 8.22. The molecule has 1 fully saturated rings. The Balaban J connectivity index is 1.77. The first-order valence-electron chi connectivity index (χ1n) is 7.32. The highest BCUT2D eigenvalue weighted by Gasteiger charge is 2.12. The van der Waals surface area contributed by atoms with Crippen molar-refractivity contribution in [3.8, 4) is 0 Å². The third-order valence-electron chi connectivity index (χ3n) is 3.76. The van der Waals surface area contributed by atoms with Crippen molar-refractivity contribution in [2.75, 3.05) is 23.3 Å². The number of anilines is 3. The molecule has 0 amide bonds. The quantitative estimate of drug-likeness (QED) is 0.900.